The van der Waals surface area contributed by atoms with E-state index >= 15 is 0 Å². The van der Waals surface area contributed by atoms with Gasteiger partial charge in [0.15, 0.2) is 17.1 Å². The molecule has 188 valence electrons. The molecule has 0 radical (unpaired) electrons. The Labute approximate surface area is 212 Å². The molecular weight excluding hydrogens is 452 g/mol. The van der Waals surface area contributed by atoms with E-state index in [1.54, 1.807) is 14.2 Å². The van der Waals surface area contributed by atoms with Crippen molar-refractivity contribution < 1.29 is 14.3 Å². The average molecular weight is 487 g/mol. The molecule has 0 spiro atoms. The quantitative estimate of drug-likeness (QED) is 0.362. The van der Waals surface area contributed by atoms with Gasteiger partial charge in [0, 0.05) is 24.0 Å². The van der Waals surface area contributed by atoms with E-state index in [1.165, 1.54) is 5.56 Å². The first kappa shape index (κ1) is 25.2. The topological polar surface area (TPSA) is 78.3 Å². The van der Waals surface area contributed by atoms with Crippen LogP contribution in [-0.4, -0.2) is 41.4 Å². The molecule has 36 heavy (non-hydrogen) atoms. The van der Waals surface area contributed by atoms with Crippen LogP contribution in [0.25, 0.3) is 16.7 Å². The predicted molar refractivity (Wildman–Crippen MR) is 142 cm³/mol. The molecule has 4 aromatic rings. The molecule has 0 aliphatic rings. The third-order valence-electron chi connectivity index (χ3n) is 6.64. The van der Waals surface area contributed by atoms with Crippen LogP contribution in [0.2, 0.25) is 0 Å². The Morgan fingerprint density at radius 3 is 2.33 bits per heavy atom. The minimum absolute atomic E-state index is 0.0291. The Balaban J connectivity index is 1.43. The van der Waals surface area contributed by atoms with Crippen LogP contribution in [0.15, 0.2) is 42.5 Å². The number of hydrogen-bond donors (Lipinski definition) is 1. The lowest BCUT2D eigenvalue weighted by atomic mass is 9.99. The molecule has 0 unspecified atom stereocenters. The Morgan fingerprint density at radius 1 is 0.917 bits per heavy atom. The maximum Gasteiger partial charge on any atom is 0.220 e. The third kappa shape index (κ3) is 5.20. The molecule has 7 heteroatoms. The van der Waals surface area contributed by atoms with Crippen LogP contribution in [-0.2, 0) is 17.6 Å². The standard InChI is InChI=1S/C29H34N4O3/c1-18-7-10-23(11-8-18)33-29-28(21(4)32-33)19(2)24(20(3)31-29)12-14-27(34)30-16-15-22-9-13-25(35-5)26(17-22)36-6/h7-11,13,17H,12,14-16H2,1-6H3,(H,30,34). The summed E-state index contributed by atoms with van der Waals surface area (Å²) in [7, 11) is 3.24. The second kappa shape index (κ2) is 10.8. The third-order valence-corrected chi connectivity index (χ3v) is 6.64. The second-order valence-corrected chi connectivity index (χ2v) is 9.12. The number of carbonyl (C=O) groups excluding carboxylic acids is 1. The van der Waals surface area contributed by atoms with Crippen molar-refractivity contribution in [3.63, 3.8) is 0 Å². The second-order valence-electron chi connectivity index (χ2n) is 9.12. The van der Waals surface area contributed by atoms with E-state index in [0.717, 1.165) is 51.2 Å². The zero-order valence-corrected chi connectivity index (χ0v) is 21.9. The maximum atomic E-state index is 12.6. The van der Waals surface area contributed by atoms with E-state index in [9.17, 15) is 4.79 Å². The number of nitrogens with zero attached hydrogens (tertiary/aromatic N) is 3. The molecule has 0 atom stereocenters. The lowest BCUT2D eigenvalue weighted by molar-refractivity contribution is -0.121. The van der Waals surface area contributed by atoms with Crippen LogP contribution < -0.4 is 14.8 Å². The summed E-state index contributed by atoms with van der Waals surface area (Å²) in [6, 6.07) is 14.1. The van der Waals surface area contributed by atoms with E-state index in [0.29, 0.717) is 30.9 Å². The summed E-state index contributed by atoms with van der Waals surface area (Å²) in [6.07, 6.45) is 1.76. The lowest BCUT2D eigenvalue weighted by Gasteiger charge is -2.12. The predicted octanol–water partition coefficient (Wildman–Crippen LogP) is 4.96. The van der Waals surface area contributed by atoms with E-state index in [-0.39, 0.29) is 5.91 Å². The number of ether oxygens (including phenoxy) is 2. The number of methoxy groups -OCH3 is 2. The fourth-order valence-electron chi connectivity index (χ4n) is 4.65. The van der Waals surface area contributed by atoms with Crippen LogP contribution in [0.3, 0.4) is 0 Å². The van der Waals surface area contributed by atoms with Crippen LogP contribution >= 0.6 is 0 Å². The summed E-state index contributed by atoms with van der Waals surface area (Å²) in [5.74, 6) is 1.42. The van der Waals surface area contributed by atoms with Crippen molar-refractivity contribution in [2.45, 2.75) is 47.0 Å². The molecule has 0 saturated heterocycles. The highest BCUT2D eigenvalue weighted by Gasteiger charge is 2.18. The Kier molecular flexibility index (Phi) is 7.58. The minimum Gasteiger partial charge on any atom is -0.493 e. The van der Waals surface area contributed by atoms with Crippen molar-refractivity contribution >= 4 is 16.9 Å². The molecule has 0 bridgehead atoms. The number of carbonyl (C=O) groups is 1. The SMILES string of the molecule is COc1ccc(CCNC(=O)CCc2c(C)nc3c(c(C)nn3-c3ccc(C)cc3)c2C)cc1OC. The molecule has 2 aromatic heterocycles. The molecule has 0 fully saturated rings. The van der Waals surface area contributed by atoms with Crippen LogP contribution in [0.5, 0.6) is 11.5 Å². The van der Waals surface area contributed by atoms with Gasteiger partial charge in [-0.1, -0.05) is 23.8 Å². The van der Waals surface area contributed by atoms with Gasteiger partial charge in [-0.2, -0.15) is 5.10 Å². The van der Waals surface area contributed by atoms with E-state index in [2.05, 4.69) is 43.4 Å². The number of aromatic nitrogens is 3. The van der Waals surface area contributed by atoms with E-state index < -0.39 is 0 Å². The highest BCUT2D eigenvalue weighted by Crippen LogP contribution is 2.29. The van der Waals surface area contributed by atoms with Gasteiger partial charge in [0.1, 0.15) is 0 Å². The zero-order chi connectivity index (χ0) is 25.8. The number of aryl methyl sites for hydroxylation is 4. The average Bonchev–Trinajstić information content (AvgIpc) is 3.20. The van der Waals surface area contributed by atoms with E-state index in [4.69, 9.17) is 19.6 Å². The molecule has 0 aliphatic heterocycles. The molecule has 0 aliphatic carbocycles. The van der Waals surface area contributed by atoms with Crippen molar-refractivity contribution in [2.24, 2.45) is 0 Å². The molecule has 1 amide bonds. The Hall–Kier alpha value is -3.87. The molecule has 2 heterocycles. The summed E-state index contributed by atoms with van der Waals surface area (Å²) in [5, 5.41) is 8.88. The van der Waals surface area contributed by atoms with Gasteiger partial charge in [-0.05, 0) is 81.5 Å². The van der Waals surface area contributed by atoms with E-state index in [1.807, 2.05) is 36.7 Å². The Bertz CT molecular complexity index is 1390. The number of pyridine rings is 1. The first-order chi connectivity index (χ1) is 17.3. The van der Waals surface area contributed by atoms with Crippen molar-refractivity contribution in [3.05, 3.63) is 76.1 Å². The normalized spacial score (nSPS) is 11.1. The smallest absolute Gasteiger partial charge is 0.220 e. The number of rotatable bonds is 9. The molecule has 4 rings (SSSR count). The number of nitrogens with one attached hydrogen (secondary N) is 1. The minimum atomic E-state index is 0.0291. The molecular formula is C29H34N4O3. The first-order valence-corrected chi connectivity index (χ1v) is 12.2. The molecule has 1 N–H and O–H groups in total. The van der Waals surface area contributed by atoms with Gasteiger partial charge in [0.25, 0.3) is 0 Å². The summed E-state index contributed by atoms with van der Waals surface area (Å²) < 4.78 is 12.6. The van der Waals surface area contributed by atoms with Gasteiger partial charge in [-0.25, -0.2) is 9.67 Å². The van der Waals surface area contributed by atoms with Crippen molar-refractivity contribution in [1.29, 1.82) is 0 Å². The van der Waals surface area contributed by atoms with Gasteiger partial charge < -0.3 is 14.8 Å². The number of fused-ring (bicyclic) bond motifs is 1. The van der Waals surface area contributed by atoms with Gasteiger partial charge in [-0.3, -0.25) is 4.79 Å². The Morgan fingerprint density at radius 2 is 1.64 bits per heavy atom. The van der Waals surface area contributed by atoms with Crippen LogP contribution in [0.1, 0.15) is 40.1 Å². The largest absolute Gasteiger partial charge is 0.493 e. The fourth-order valence-corrected chi connectivity index (χ4v) is 4.65. The number of amides is 1. The molecule has 2 aromatic carbocycles. The van der Waals surface area contributed by atoms with Gasteiger partial charge in [-0.15, -0.1) is 0 Å². The zero-order valence-electron chi connectivity index (χ0n) is 21.9. The highest BCUT2D eigenvalue weighted by atomic mass is 16.5. The maximum absolute atomic E-state index is 12.6. The summed E-state index contributed by atoms with van der Waals surface area (Å²) in [4.78, 5) is 17.5. The highest BCUT2D eigenvalue weighted by molar-refractivity contribution is 5.85. The van der Waals surface area contributed by atoms with Gasteiger partial charge >= 0.3 is 0 Å². The van der Waals surface area contributed by atoms with Gasteiger partial charge in [0.2, 0.25) is 5.91 Å². The van der Waals surface area contributed by atoms with Crippen LogP contribution in [0, 0.1) is 27.7 Å². The summed E-state index contributed by atoms with van der Waals surface area (Å²) in [5.41, 5.74) is 8.27. The number of benzene rings is 2. The van der Waals surface area contributed by atoms with Crippen molar-refractivity contribution in [3.8, 4) is 17.2 Å². The van der Waals surface area contributed by atoms with Gasteiger partial charge in [0.05, 0.1) is 25.6 Å². The van der Waals surface area contributed by atoms with Crippen molar-refractivity contribution in [2.75, 3.05) is 20.8 Å². The lowest BCUT2D eigenvalue weighted by Crippen LogP contribution is -2.26. The molecule has 0 saturated carbocycles. The summed E-state index contributed by atoms with van der Waals surface area (Å²) >= 11 is 0. The monoisotopic (exact) mass is 486 g/mol. The fraction of sp³-hybridized carbons (Fsp3) is 0.345. The summed E-state index contributed by atoms with van der Waals surface area (Å²) in [6.45, 7) is 8.77. The number of hydrogen-bond acceptors (Lipinski definition) is 5. The first-order valence-electron chi connectivity index (χ1n) is 12.2. The molecule has 7 nitrogen and oxygen atoms in total. The van der Waals surface area contributed by atoms with Crippen molar-refractivity contribution in [1.82, 2.24) is 20.1 Å². The van der Waals surface area contributed by atoms with Crippen LogP contribution in [0.4, 0.5) is 0 Å².